The Morgan fingerprint density at radius 1 is 1.38 bits per heavy atom. The minimum absolute atomic E-state index is 0.217. The van der Waals surface area contributed by atoms with E-state index < -0.39 is 35.2 Å². The lowest BCUT2D eigenvalue weighted by molar-refractivity contribution is -0.139. The van der Waals surface area contributed by atoms with Gasteiger partial charge in [0.15, 0.2) is 12.0 Å². The van der Waals surface area contributed by atoms with Crippen molar-refractivity contribution in [3.8, 4) is 5.75 Å². The maximum Gasteiger partial charge on any atom is 0.420 e. The highest BCUT2D eigenvalue weighted by Crippen LogP contribution is 2.41. The molecule has 1 N–H and O–H groups in total. The first-order valence-electron chi connectivity index (χ1n) is 3.81. The summed E-state index contributed by atoms with van der Waals surface area (Å²) in [6.07, 6.45) is -8.34. The van der Waals surface area contributed by atoms with Gasteiger partial charge >= 0.3 is 6.18 Å². The fourth-order valence-corrected chi connectivity index (χ4v) is 1.08. The van der Waals surface area contributed by atoms with E-state index in [1.54, 1.807) is 0 Å². The van der Waals surface area contributed by atoms with Crippen LogP contribution in [0.5, 0.6) is 5.75 Å². The molecule has 1 heterocycles. The number of aromatic nitrogens is 1. The van der Waals surface area contributed by atoms with E-state index in [9.17, 15) is 26.7 Å². The maximum absolute atomic E-state index is 12.3. The molecule has 0 saturated heterocycles. The van der Waals surface area contributed by atoms with Crippen molar-refractivity contribution in [2.45, 2.75) is 12.6 Å². The van der Waals surface area contributed by atoms with E-state index in [0.717, 1.165) is 0 Å². The second-order valence-electron chi connectivity index (χ2n) is 2.74. The van der Waals surface area contributed by atoms with Gasteiger partial charge in [0, 0.05) is 11.8 Å². The number of pyridine rings is 1. The molecule has 0 atom stereocenters. The number of nitrogens with zero attached hydrogens (tertiary/aromatic N) is 1. The Hall–Kier alpha value is -1.73. The number of rotatable bonds is 2. The van der Waals surface area contributed by atoms with Crippen LogP contribution in [0.3, 0.4) is 0 Å². The van der Waals surface area contributed by atoms with Gasteiger partial charge in [-0.3, -0.25) is 9.78 Å². The molecule has 8 heteroatoms. The third-order valence-electron chi connectivity index (χ3n) is 1.73. The minimum atomic E-state index is -5.10. The number of aromatic hydroxyl groups is 1. The van der Waals surface area contributed by atoms with Gasteiger partial charge in [0.05, 0.1) is 0 Å². The molecule has 0 saturated carbocycles. The van der Waals surface area contributed by atoms with Crippen molar-refractivity contribution in [2.75, 3.05) is 0 Å². The number of carbonyl (C=O) groups is 1. The lowest BCUT2D eigenvalue weighted by atomic mass is 10.1. The number of hydrogen-bond acceptors (Lipinski definition) is 3. The molecule has 16 heavy (non-hydrogen) atoms. The molecule has 0 spiro atoms. The van der Waals surface area contributed by atoms with Gasteiger partial charge in [-0.2, -0.15) is 13.2 Å². The molecule has 0 aliphatic heterocycles. The predicted molar refractivity (Wildman–Crippen MR) is 41.2 cm³/mol. The number of aldehydes is 1. The lowest BCUT2D eigenvalue weighted by Gasteiger charge is -2.13. The maximum atomic E-state index is 12.3. The average molecular weight is 241 g/mol. The van der Waals surface area contributed by atoms with Crippen molar-refractivity contribution in [3.63, 3.8) is 0 Å². The molecule has 0 radical (unpaired) electrons. The summed E-state index contributed by atoms with van der Waals surface area (Å²) in [5, 5.41) is 8.99. The largest absolute Gasteiger partial charge is 0.505 e. The average Bonchev–Trinajstić information content (AvgIpc) is 2.14. The Morgan fingerprint density at radius 2 is 1.94 bits per heavy atom. The van der Waals surface area contributed by atoms with Gasteiger partial charge in [-0.1, -0.05) is 0 Å². The van der Waals surface area contributed by atoms with Crippen LogP contribution in [-0.4, -0.2) is 16.4 Å². The highest BCUT2D eigenvalue weighted by atomic mass is 19.4. The lowest BCUT2D eigenvalue weighted by Crippen LogP contribution is -2.11. The molecular formula is C8H4F5NO2. The molecule has 0 aliphatic carbocycles. The van der Waals surface area contributed by atoms with E-state index in [1.165, 1.54) is 0 Å². The minimum Gasteiger partial charge on any atom is -0.505 e. The zero-order valence-corrected chi connectivity index (χ0v) is 7.42. The molecule has 0 amide bonds. The summed E-state index contributed by atoms with van der Waals surface area (Å²) >= 11 is 0. The zero-order chi connectivity index (χ0) is 12.5. The Bertz CT molecular complexity index is 416. The molecular weight excluding hydrogens is 237 g/mol. The fraction of sp³-hybridized carbons (Fsp3) is 0.250. The molecule has 0 fully saturated rings. The molecule has 1 aromatic rings. The Kier molecular flexibility index (Phi) is 3.11. The van der Waals surface area contributed by atoms with Crippen molar-refractivity contribution in [1.82, 2.24) is 4.98 Å². The molecule has 88 valence electrons. The third kappa shape index (κ3) is 2.10. The van der Waals surface area contributed by atoms with Gasteiger partial charge in [0.2, 0.25) is 0 Å². The summed E-state index contributed by atoms with van der Waals surface area (Å²) in [6, 6.07) is 0. The summed E-state index contributed by atoms with van der Waals surface area (Å²) in [5.74, 6) is -1.72. The Labute approximate surface area is 85.5 Å². The molecule has 0 bridgehead atoms. The molecule has 1 rings (SSSR count). The number of alkyl halides is 5. The SMILES string of the molecule is O=Cc1cnc(C(F)F)c(O)c1C(F)(F)F. The summed E-state index contributed by atoms with van der Waals surface area (Å²) < 4.78 is 61.4. The van der Waals surface area contributed by atoms with Crippen LogP contribution >= 0.6 is 0 Å². The van der Waals surface area contributed by atoms with E-state index in [-0.39, 0.29) is 6.29 Å². The topological polar surface area (TPSA) is 50.2 Å². The van der Waals surface area contributed by atoms with E-state index in [1.807, 2.05) is 0 Å². The molecule has 0 aromatic carbocycles. The van der Waals surface area contributed by atoms with Crippen LogP contribution in [0.25, 0.3) is 0 Å². The summed E-state index contributed by atoms with van der Waals surface area (Å²) in [5.41, 5.74) is -4.19. The predicted octanol–water partition coefficient (Wildman–Crippen LogP) is 2.56. The van der Waals surface area contributed by atoms with Crippen LogP contribution in [0.4, 0.5) is 22.0 Å². The van der Waals surface area contributed by atoms with Gasteiger partial charge in [-0.15, -0.1) is 0 Å². The van der Waals surface area contributed by atoms with Gasteiger partial charge in [0.1, 0.15) is 11.3 Å². The molecule has 3 nitrogen and oxygen atoms in total. The van der Waals surface area contributed by atoms with E-state index in [4.69, 9.17) is 5.11 Å². The highest BCUT2D eigenvalue weighted by molar-refractivity contribution is 5.78. The molecule has 0 unspecified atom stereocenters. The highest BCUT2D eigenvalue weighted by Gasteiger charge is 2.39. The fourth-order valence-electron chi connectivity index (χ4n) is 1.08. The first-order valence-corrected chi connectivity index (χ1v) is 3.81. The first kappa shape index (κ1) is 12.3. The van der Waals surface area contributed by atoms with Gasteiger partial charge in [-0.25, -0.2) is 8.78 Å². The number of halogens is 5. The van der Waals surface area contributed by atoms with Crippen LogP contribution in [0.15, 0.2) is 6.20 Å². The molecule has 0 aliphatic rings. The van der Waals surface area contributed by atoms with Crippen molar-refractivity contribution in [2.24, 2.45) is 0 Å². The number of carbonyl (C=O) groups excluding carboxylic acids is 1. The van der Waals surface area contributed by atoms with Crippen LogP contribution in [-0.2, 0) is 6.18 Å². The standard InChI is InChI=1S/C8H4F5NO2/c9-7(10)5-6(16)4(8(11,12)13)3(2-15)1-14-5/h1-2,7,16H. The van der Waals surface area contributed by atoms with Crippen molar-refractivity contribution in [1.29, 1.82) is 0 Å². The smallest absolute Gasteiger partial charge is 0.420 e. The summed E-state index contributed by atoms with van der Waals surface area (Å²) in [6.45, 7) is 0. The van der Waals surface area contributed by atoms with Crippen LogP contribution in [0.1, 0.15) is 28.0 Å². The third-order valence-corrected chi connectivity index (χ3v) is 1.73. The van der Waals surface area contributed by atoms with Gasteiger partial charge < -0.3 is 5.11 Å². The first-order chi connectivity index (χ1) is 7.29. The van der Waals surface area contributed by atoms with Crippen LogP contribution in [0.2, 0.25) is 0 Å². The summed E-state index contributed by atoms with van der Waals surface area (Å²) in [4.78, 5) is 13.2. The van der Waals surface area contributed by atoms with Crippen LogP contribution < -0.4 is 0 Å². The number of hydrogen-bond donors (Lipinski definition) is 1. The zero-order valence-electron chi connectivity index (χ0n) is 7.42. The monoisotopic (exact) mass is 241 g/mol. The Morgan fingerprint density at radius 3 is 2.31 bits per heavy atom. The van der Waals surface area contributed by atoms with E-state index in [0.29, 0.717) is 6.20 Å². The van der Waals surface area contributed by atoms with Crippen molar-refractivity contribution in [3.05, 3.63) is 23.0 Å². The second kappa shape index (κ2) is 4.03. The van der Waals surface area contributed by atoms with Crippen molar-refractivity contribution >= 4 is 6.29 Å². The Balaban J connectivity index is 3.53. The normalized spacial score (nSPS) is 11.9. The van der Waals surface area contributed by atoms with Gasteiger partial charge in [-0.05, 0) is 0 Å². The van der Waals surface area contributed by atoms with Gasteiger partial charge in [0.25, 0.3) is 6.43 Å². The van der Waals surface area contributed by atoms with E-state index in [2.05, 4.69) is 4.98 Å². The van der Waals surface area contributed by atoms with Crippen molar-refractivity contribution < 1.29 is 31.9 Å². The van der Waals surface area contributed by atoms with E-state index >= 15 is 0 Å². The second-order valence-corrected chi connectivity index (χ2v) is 2.74. The molecule has 1 aromatic heterocycles. The van der Waals surface area contributed by atoms with Crippen LogP contribution in [0, 0.1) is 0 Å². The quantitative estimate of drug-likeness (QED) is 0.639. The summed E-state index contributed by atoms with van der Waals surface area (Å²) in [7, 11) is 0.